The van der Waals surface area contributed by atoms with Gasteiger partial charge < -0.3 is 10.1 Å². The summed E-state index contributed by atoms with van der Waals surface area (Å²) in [5.74, 6) is -0.716. The summed E-state index contributed by atoms with van der Waals surface area (Å²) < 4.78 is 4.68. The second-order valence-corrected chi connectivity index (χ2v) is 5.30. The minimum Gasteiger partial charge on any atom is -0.456 e. The van der Waals surface area contributed by atoms with E-state index in [0.717, 1.165) is 18.4 Å². The van der Waals surface area contributed by atoms with Crippen molar-refractivity contribution in [3.8, 4) is 0 Å². The van der Waals surface area contributed by atoms with Crippen LogP contribution >= 0.6 is 0 Å². The molecule has 1 aromatic rings. The molecule has 0 bridgehead atoms. The van der Waals surface area contributed by atoms with E-state index < -0.39 is 5.97 Å². The summed E-state index contributed by atoms with van der Waals surface area (Å²) in [7, 11) is 0. The van der Waals surface area contributed by atoms with Crippen LogP contribution in [0, 0.1) is 0 Å². The number of hydrogen-bond donors (Lipinski definition) is 1. The van der Waals surface area contributed by atoms with Gasteiger partial charge in [-0.2, -0.15) is 0 Å². The van der Waals surface area contributed by atoms with Crippen LogP contribution in [0.4, 0.5) is 0 Å². The van der Waals surface area contributed by atoms with Gasteiger partial charge in [0, 0.05) is 6.92 Å². The van der Waals surface area contributed by atoms with Gasteiger partial charge in [-0.15, -0.1) is 0 Å². The lowest BCUT2D eigenvalue weighted by Gasteiger charge is -2.20. The fourth-order valence-electron chi connectivity index (χ4n) is 2.56. The van der Waals surface area contributed by atoms with Gasteiger partial charge in [-0.05, 0) is 49.3 Å². The van der Waals surface area contributed by atoms with Crippen molar-refractivity contribution in [3.63, 3.8) is 0 Å². The van der Waals surface area contributed by atoms with Crippen LogP contribution < -0.4 is 5.32 Å². The standard InChI is InChI=1S/C16H21NO3/c1-11(17-16(19)10-20-12(2)18)14-8-7-13-5-3-4-6-15(13)9-14/h7-9,11H,3-6,10H2,1-2H3,(H,17,19). The molecule has 108 valence electrons. The first-order valence-electron chi connectivity index (χ1n) is 7.10. The van der Waals surface area contributed by atoms with Crippen LogP contribution in [0.5, 0.6) is 0 Å². The first-order chi connectivity index (χ1) is 9.56. The van der Waals surface area contributed by atoms with Crippen LogP contribution in [0.15, 0.2) is 18.2 Å². The maximum Gasteiger partial charge on any atom is 0.303 e. The molecule has 2 rings (SSSR count). The highest BCUT2D eigenvalue weighted by Gasteiger charge is 2.14. The molecule has 1 aromatic carbocycles. The Labute approximate surface area is 119 Å². The zero-order valence-electron chi connectivity index (χ0n) is 12.1. The van der Waals surface area contributed by atoms with E-state index in [1.807, 2.05) is 6.92 Å². The molecule has 0 saturated carbocycles. The molecule has 1 N–H and O–H groups in total. The molecule has 0 saturated heterocycles. The number of carbonyl (C=O) groups is 2. The number of carbonyl (C=O) groups excluding carboxylic acids is 2. The van der Waals surface area contributed by atoms with Crippen LogP contribution in [-0.4, -0.2) is 18.5 Å². The Morgan fingerprint density at radius 1 is 1.25 bits per heavy atom. The minimum atomic E-state index is -0.443. The van der Waals surface area contributed by atoms with Gasteiger partial charge in [0.25, 0.3) is 5.91 Å². The molecule has 0 heterocycles. The number of ether oxygens (including phenoxy) is 1. The van der Waals surface area contributed by atoms with E-state index >= 15 is 0 Å². The van der Waals surface area contributed by atoms with Gasteiger partial charge in [0.15, 0.2) is 6.61 Å². The molecule has 1 unspecified atom stereocenters. The molecule has 0 radical (unpaired) electrons. The number of aryl methyl sites for hydroxylation is 2. The van der Waals surface area contributed by atoms with Gasteiger partial charge >= 0.3 is 5.97 Å². The SMILES string of the molecule is CC(=O)OCC(=O)NC(C)c1ccc2c(c1)CCCC2. The molecule has 4 heteroatoms. The van der Waals surface area contributed by atoms with Crippen molar-refractivity contribution in [2.24, 2.45) is 0 Å². The van der Waals surface area contributed by atoms with Crippen molar-refractivity contribution < 1.29 is 14.3 Å². The zero-order chi connectivity index (χ0) is 14.5. The summed E-state index contributed by atoms with van der Waals surface area (Å²) in [6.07, 6.45) is 4.78. The van der Waals surface area contributed by atoms with Crippen molar-refractivity contribution in [1.29, 1.82) is 0 Å². The number of fused-ring (bicyclic) bond motifs is 1. The Kier molecular flexibility index (Phi) is 4.77. The van der Waals surface area contributed by atoms with E-state index in [4.69, 9.17) is 0 Å². The lowest BCUT2D eigenvalue weighted by atomic mass is 9.89. The molecule has 1 amide bonds. The third-order valence-electron chi connectivity index (χ3n) is 3.66. The molecular formula is C16H21NO3. The molecule has 0 spiro atoms. The van der Waals surface area contributed by atoms with E-state index in [9.17, 15) is 9.59 Å². The number of nitrogens with one attached hydrogen (secondary N) is 1. The Bertz CT molecular complexity index is 510. The predicted octanol–water partition coefficient (Wildman–Crippen LogP) is 2.31. The number of esters is 1. The molecule has 1 aliphatic carbocycles. The molecule has 0 fully saturated rings. The maximum absolute atomic E-state index is 11.6. The second kappa shape index (κ2) is 6.55. The number of rotatable bonds is 4. The lowest BCUT2D eigenvalue weighted by Crippen LogP contribution is -2.30. The van der Waals surface area contributed by atoms with Crippen molar-refractivity contribution in [2.75, 3.05) is 6.61 Å². The molecule has 0 aromatic heterocycles. The van der Waals surface area contributed by atoms with Crippen LogP contribution in [0.3, 0.4) is 0 Å². The summed E-state index contributed by atoms with van der Waals surface area (Å²) in [5, 5.41) is 2.84. The fraction of sp³-hybridized carbons (Fsp3) is 0.500. The average Bonchev–Trinajstić information content (AvgIpc) is 2.44. The van der Waals surface area contributed by atoms with Crippen LogP contribution in [0.2, 0.25) is 0 Å². The fourth-order valence-corrected chi connectivity index (χ4v) is 2.56. The Morgan fingerprint density at radius 3 is 2.65 bits per heavy atom. The van der Waals surface area contributed by atoms with Crippen LogP contribution in [-0.2, 0) is 27.2 Å². The van der Waals surface area contributed by atoms with Crippen molar-refractivity contribution in [3.05, 3.63) is 34.9 Å². The largest absolute Gasteiger partial charge is 0.456 e. The third kappa shape index (κ3) is 3.83. The Hall–Kier alpha value is -1.84. The number of hydrogen-bond acceptors (Lipinski definition) is 3. The van der Waals surface area contributed by atoms with Crippen LogP contribution in [0.25, 0.3) is 0 Å². The second-order valence-electron chi connectivity index (χ2n) is 5.30. The highest BCUT2D eigenvalue weighted by molar-refractivity contribution is 5.80. The van der Waals surface area contributed by atoms with Gasteiger partial charge in [0.2, 0.25) is 0 Å². The minimum absolute atomic E-state index is 0.0784. The first kappa shape index (κ1) is 14.6. The molecule has 1 atom stereocenters. The van der Waals surface area contributed by atoms with E-state index in [2.05, 4.69) is 28.3 Å². The van der Waals surface area contributed by atoms with E-state index in [1.165, 1.54) is 30.9 Å². The zero-order valence-corrected chi connectivity index (χ0v) is 12.1. The number of benzene rings is 1. The Morgan fingerprint density at radius 2 is 1.95 bits per heavy atom. The van der Waals surface area contributed by atoms with Gasteiger partial charge in [-0.3, -0.25) is 9.59 Å². The van der Waals surface area contributed by atoms with E-state index in [1.54, 1.807) is 0 Å². The quantitative estimate of drug-likeness (QED) is 0.858. The van der Waals surface area contributed by atoms with Crippen molar-refractivity contribution >= 4 is 11.9 Å². The summed E-state index contributed by atoms with van der Waals surface area (Å²) in [6, 6.07) is 6.34. The van der Waals surface area contributed by atoms with Crippen molar-refractivity contribution in [1.82, 2.24) is 5.32 Å². The number of amides is 1. The summed E-state index contributed by atoms with van der Waals surface area (Å²) in [5.41, 5.74) is 3.93. The third-order valence-corrected chi connectivity index (χ3v) is 3.66. The maximum atomic E-state index is 11.6. The van der Waals surface area contributed by atoms with E-state index in [0.29, 0.717) is 0 Å². The summed E-state index contributed by atoms with van der Waals surface area (Å²) in [4.78, 5) is 22.3. The highest BCUT2D eigenvalue weighted by atomic mass is 16.5. The van der Waals surface area contributed by atoms with Gasteiger partial charge in [0.05, 0.1) is 6.04 Å². The monoisotopic (exact) mass is 275 g/mol. The lowest BCUT2D eigenvalue weighted by molar-refractivity contribution is -0.146. The molecule has 1 aliphatic rings. The topological polar surface area (TPSA) is 55.4 Å². The predicted molar refractivity (Wildman–Crippen MR) is 76.3 cm³/mol. The van der Waals surface area contributed by atoms with Crippen molar-refractivity contribution in [2.45, 2.75) is 45.6 Å². The smallest absolute Gasteiger partial charge is 0.303 e. The molecule has 20 heavy (non-hydrogen) atoms. The molecule has 4 nitrogen and oxygen atoms in total. The van der Waals surface area contributed by atoms with Gasteiger partial charge in [0.1, 0.15) is 0 Å². The van der Waals surface area contributed by atoms with Gasteiger partial charge in [-0.1, -0.05) is 18.2 Å². The average molecular weight is 275 g/mol. The van der Waals surface area contributed by atoms with Gasteiger partial charge in [-0.25, -0.2) is 0 Å². The van der Waals surface area contributed by atoms with E-state index in [-0.39, 0.29) is 18.6 Å². The summed E-state index contributed by atoms with van der Waals surface area (Å²) >= 11 is 0. The Balaban J connectivity index is 1.96. The normalized spacial score (nSPS) is 15.1. The summed E-state index contributed by atoms with van der Waals surface area (Å²) in [6.45, 7) is 3.01. The molecule has 0 aliphatic heterocycles. The van der Waals surface area contributed by atoms with Crippen LogP contribution in [0.1, 0.15) is 49.4 Å². The highest BCUT2D eigenvalue weighted by Crippen LogP contribution is 2.24. The molecular weight excluding hydrogens is 254 g/mol. The first-order valence-corrected chi connectivity index (χ1v) is 7.10.